The standard InChI is InChI=1S/C16H14O5S/c1-22(18,19)16-7-6-11-8-15(16)21-14-5-3-2-4-12(14)9-20-10-13(11)17/h2-8H,9-10H2,1H3. The highest BCUT2D eigenvalue weighted by molar-refractivity contribution is 7.90. The number of para-hydroxylation sites is 1. The van der Waals surface area contributed by atoms with E-state index in [9.17, 15) is 13.2 Å². The van der Waals surface area contributed by atoms with E-state index in [0.717, 1.165) is 11.8 Å². The summed E-state index contributed by atoms with van der Waals surface area (Å²) in [6.07, 6.45) is 1.11. The van der Waals surface area contributed by atoms with Crippen LogP contribution in [-0.2, 0) is 21.2 Å². The van der Waals surface area contributed by atoms with Crippen LogP contribution in [0, 0.1) is 0 Å². The van der Waals surface area contributed by atoms with Crippen LogP contribution in [0.2, 0.25) is 0 Å². The molecule has 0 N–H and O–H groups in total. The lowest BCUT2D eigenvalue weighted by molar-refractivity contribution is 0.0720. The summed E-state index contributed by atoms with van der Waals surface area (Å²) in [7, 11) is -3.47. The van der Waals surface area contributed by atoms with Gasteiger partial charge in [0.15, 0.2) is 15.6 Å². The minimum atomic E-state index is -3.47. The second-order valence-corrected chi connectivity index (χ2v) is 7.04. The third-order valence-corrected chi connectivity index (χ3v) is 4.48. The summed E-state index contributed by atoms with van der Waals surface area (Å²) in [5.41, 5.74) is 1.11. The van der Waals surface area contributed by atoms with Crippen LogP contribution in [0.15, 0.2) is 47.4 Å². The van der Waals surface area contributed by atoms with Gasteiger partial charge in [-0.3, -0.25) is 4.79 Å². The van der Waals surface area contributed by atoms with Gasteiger partial charge in [-0.2, -0.15) is 0 Å². The van der Waals surface area contributed by atoms with Gasteiger partial charge in [0, 0.05) is 17.4 Å². The van der Waals surface area contributed by atoms with Gasteiger partial charge in [-0.1, -0.05) is 18.2 Å². The minimum Gasteiger partial charge on any atom is -0.456 e. The normalized spacial score (nSPS) is 14.9. The Labute approximate surface area is 128 Å². The highest BCUT2D eigenvalue weighted by Crippen LogP contribution is 2.33. The highest BCUT2D eigenvalue weighted by atomic mass is 32.2. The van der Waals surface area contributed by atoms with Gasteiger partial charge in [-0.15, -0.1) is 0 Å². The lowest BCUT2D eigenvalue weighted by Gasteiger charge is -2.16. The number of Topliss-reactive ketones (excluding diaryl/α,β-unsaturated/α-hetero) is 1. The highest BCUT2D eigenvalue weighted by Gasteiger charge is 2.20. The Balaban J connectivity index is 2.19. The van der Waals surface area contributed by atoms with Crippen molar-refractivity contribution in [1.82, 2.24) is 0 Å². The van der Waals surface area contributed by atoms with Crippen molar-refractivity contribution in [3.05, 3.63) is 53.6 Å². The van der Waals surface area contributed by atoms with E-state index in [0.29, 0.717) is 11.3 Å². The molecule has 6 heteroatoms. The van der Waals surface area contributed by atoms with E-state index in [1.807, 2.05) is 12.1 Å². The van der Waals surface area contributed by atoms with Crippen molar-refractivity contribution in [3.63, 3.8) is 0 Å². The molecule has 0 saturated carbocycles. The minimum absolute atomic E-state index is 0.0559. The van der Waals surface area contributed by atoms with Gasteiger partial charge in [0.1, 0.15) is 23.0 Å². The first-order chi connectivity index (χ1) is 10.4. The summed E-state index contributed by atoms with van der Waals surface area (Å²) in [4.78, 5) is 12.1. The molecule has 0 amide bonds. The average Bonchev–Trinajstić information content (AvgIpc) is 2.47. The van der Waals surface area contributed by atoms with Crippen molar-refractivity contribution >= 4 is 15.6 Å². The van der Waals surface area contributed by atoms with Crippen LogP contribution in [0.25, 0.3) is 0 Å². The molecular weight excluding hydrogens is 304 g/mol. The molecule has 2 bridgehead atoms. The van der Waals surface area contributed by atoms with E-state index in [-0.39, 0.29) is 29.6 Å². The first-order valence-electron chi connectivity index (χ1n) is 6.66. The molecular formula is C16H14O5S. The number of benzene rings is 2. The van der Waals surface area contributed by atoms with E-state index in [1.54, 1.807) is 12.1 Å². The number of hydrogen-bond acceptors (Lipinski definition) is 5. The zero-order chi connectivity index (χ0) is 15.7. The second kappa shape index (κ2) is 5.55. The third kappa shape index (κ3) is 2.88. The van der Waals surface area contributed by atoms with Crippen LogP contribution in [0.5, 0.6) is 11.5 Å². The van der Waals surface area contributed by atoms with Crippen LogP contribution in [0.1, 0.15) is 15.9 Å². The number of carbonyl (C=O) groups is 1. The Morgan fingerprint density at radius 2 is 1.77 bits per heavy atom. The first kappa shape index (κ1) is 14.7. The van der Waals surface area contributed by atoms with E-state index in [1.165, 1.54) is 18.2 Å². The molecule has 114 valence electrons. The van der Waals surface area contributed by atoms with Gasteiger partial charge in [0.2, 0.25) is 0 Å². The maximum absolute atomic E-state index is 12.0. The van der Waals surface area contributed by atoms with Crippen molar-refractivity contribution in [2.24, 2.45) is 0 Å². The smallest absolute Gasteiger partial charge is 0.188 e. The second-order valence-electron chi connectivity index (χ2n) is 5.06. The van der Waals surface area contributed by atoms with E-state index < -0.39 is 9.84 Å². The lowest BCUT2D eigenvalue weighted by atomic mass is 10.1. The van der Waals surface area contributed by atoms with Crippen molar-refractivity contribution in [2.75, 3.05) is 12.9 Å². The summed E-state index contributed by atoms with van der Waals surface area (Å²) < 4.78 is 35.0. The molecule has 2 aromatic rings. The van der Waals surface area contributed by atoms with E-state index >= 15 is 0 Å². The monoisotopic (exact) mass is 318 g/mol. The summed E-state index contributed by atoms with van der Waals surface area (Å²) in [5, 5.41) is 0. The quantitative estimate of drug-likeness (QED) is 0.808. The molecule has 0 aromatic heterocycles. The topological polar surface area (TPSA) is 69.7 Å². The number of ether oxygens (including phenoxy) is 2. The molecule has 0 fully saturated rings. The van der Waals surface area contributed by atoms with Crippen LogP contribution in [0.4, 0.5) is 0 Å². The van der Waals surface area contributed by atoms with Crippen molar-refractivity contribution in [3.8, 4) is 11.5 Å². The molecule has 1 heterocycles. The summed E-state index contributed by atoms with van der Waals surface area (Å²) in [6, 6.07) is 11.5. The Morgan fingerprint density at radius 1 is 1.00 bits per heavy atom. The van der Waals surface area contributed by atoms with Crippen LogP contribution >= 0.6 is 0 Å². The molecule has 0 radical (unpaired) electrons. The number of rotatable bonds is 1. The largest absolute Gasteiger partial charge is 0.456 e. The molecule has 0 unspecified atom stereocenters. The Bertz CT molecular complexity index is 839. The van der Waals surface area contributed by atoms with Crippen molar-refractivity contribution < 1.29 is 22.7 Å². The average molecular weight is 318 g/mol. The van der Waals surface area contributed by atoms with Gasteiger partial charge < -0.3 is 9.47 Å². The summed E-state index contributed by atoms with van der Waals surface area (Å²) in [5.74, 6) is 0.450. The van der Waals surface area contributed by atoms with Gasteiger partial charge in [-0.05, 0) is 24.3 Å². The Hall–Kier alpha value is -2.18. The first-order valence-corrected chi connectivity index (χ1v) is 8.55. The predicted octanol–water partition coefficient (Wildman–Crippen LogP) is 2.60. The molecule has 1 aliphatic heterocycles. The maximum Gasteiger partial charge on any atom is 0.188 e. The number of ketones is 1. The fourth-order valence-corrected chi connectivity index (χ4v) is 3.03. The van der Waals surface area contributed by atoms with Crippen molar-refractivity contribution in [2.45, 2.75) is 11.5 Å². The van der Waals surface area contributed by atoms with E-state index in [4.69, 9.17) is 9.47 Å². The molecule has 5 nitrogen and oxygen atoms in total. The zero-order valence-electron chi connectivity index (χ0n) is 11.9. The zero-order valence-corrected chi connectivity index (χ0v) is 12.7. The third-order valence-electron chi connectivity index (χ3n) is 3.35. The number of fused-ring (bicyclic) bond motifs is 3. The molecule has 0 atom stereocenters. The van der Waals surface area contributed by atoms with Crippen LogP contribution in [-0.4, -0.2) is 27.1 Å². The lowest BCUT2D eigenvalue weighted by Crippen LogP contribution is -2.12. The molecule has 1 aliphatic rings. The Kier molecular flexibility index (Phi) is 3.72. The van der Waals surface area contributed by atoms with Crippen molar-refractivity contribution in [1.29, 1.82) is 0 Å². The van der Waals surface area contributed by atoms with Gasteiger partial charge in [0.25, 0.3) is 0 Å². The number of carbonyl (C=O) groups excluding carboxylic acids is 1. The molecule has 22 heavy (non-hydrogen) atoms. The molecule has 2 aromatic carbocycles. The molecule has 0 saturated heterocycles. The van der Waals surface area contributed by atoms with Crippen LogP contribution < -0.4 is 4.74 Å². The van der Waals surface area contributed by atoms with Gasteiger partial charge in [0.05, 0.1) is 6.61 Å². The number of hydrogen-bond donors (Lipinski definition) is 0. The fraction of sp³-hybridized carbons (Fsp3) is 0.188. The fourth-order valence-electron chi connectivity index (χ4n) is 2.25. The SMILES string of the molecule is CS(=O)(=O)c1ccc2cc1Oc1ccccc1COCC2=O. The maximum atomic E-state index is 12.0. The van der Waals surface area contributed by atoms with Crippen LogP contribution in [0.3, 0.4) is 0 Å². The Morgan fingerprint density at radius 3 is 2.55 bits per heavy atom. The molecule has 3 rings (SSSR count). The summed E-state index contributed by atoms with van der Waals surface area (Å²) >= 11 is 0. The predicted molar refractivity (Wildman–Crippen MR) is 80.1 cm³/mol. The van der Waals surface area contributed by atoms with E-state index in [2.05, 4.69) is 0 Å². The van der Waals surface area contributed by atoms with Gasteiger partial charge in [-0.25, -0.2) is 8.42 Å². The number of sulfone groups is 1. The summed E-state index contributed by atoms with van der Waals surface area (Å²) in [6.45, 7) is 0.159. The molecule has 0 aliphatic carbocycles. The molecule has 0 spiro atoms. The van der Waals surface area contributed by atoms with Gasteiger partial charge >= 0.3 is 0 Å².